The van der Waals surface area contributed by atoms with Gasteiger partial charge in [-0.05, 0) is 41.8 Å². The SMILES string of the molecule is CCCCNC(=O)[C@@H](Cc1ccccc1)N(Cc1ccc(OC)cc1)C(=O)COc1ccccc1Cl. The summed E-state index contributed by atoms with van der Waals surface area (Å²) in [5.74, 6) is 0.643. The van der Waals surface area contributed by atoms with Gasteiger partial charge >= 0.3 is 0 Å². The van der Waals surface area contributed by atoms with E-state index in [9.17, 15) is 9.59 Å². The lowest BCUT2D eigenvalue weighted by Gasteiger charge is -2.31. The third-order valence-electron chi connectivity index (χ3n) is 5.80. The Morgan fingerprint density at radius 1 is 0.944 bits per heavy atom. The quantitative estimate of drug-likeness (QED) is 0.319. The van der Waals surface area contributed by atoms with Crippen LogP contribution in [0, 0.1) is 0 Å². The molecule has 0 unspecified atom stereocenters. The molecule has 0 aromatic heterocycles. The molecule has 1 N–H and O–H groups in total. The fraction of sp³-hybridized carbons (Fsp3) is 0.310. The number of amides is 2. The number of nitrogens with zero attached hydrogens (tertiary/aromatic N) is 1. The van der Waals surface area contributed by atoms with Gasteiger partial charge in [0.1, 0.15) is 17.5 Å². The van der Waals surface area contributed by atoms with E-state index in [1.54, 1.807) is 36.3 Å². The Morgan fingerprint density at radius 2 is 1.64 bits per heavy atom. The van der Waals surface area contributed by atoms with Gasteiger partial charge in [0.15, 0.2) is 6.61 Å². The van der Waals surface area contributed by atoms with Crippen LogP contribution in [0.1, 0.15) is 30.9 Å². The molecular formula is C29H33ClN2O4. The first-order valence-electron chi connectivity index (χ1n) is 12.1. The van der Waals surface area contributed by atoms with Gasteiger partial charge < -0.3 is 19.7 Å². The molecule has 0 aliphatic rings. The normalized spacial score (nSPS) is 11.4. The lowest BCUT2D eigenvalue weighted by Crippen LogP contribution is -2.51. The number of carbonyl (C=O) groups is 2. The van der Waals surface area contributed by atoms with Gasteiger partial charge in [-0.2, -0.15) is 0 Å². The summed E-state index contributed by atoms with van der Waals surface area (Å²) < 4.78 is 11.0. The van der Waals surface area contributed by atoms with Crippen LogP contribution in [0.4, 0.5) is 0 Å². The maximum atomic E-state index is 13.6. The minimum Gasteiger partial charge on any atom is -0.497 e. The zero-order valence-electron chi connectivity index (χ0n) is 20.8. The number of para-hydroxylation sites is 1. The van der Waals surface area contributed by atoms with E-state index < -0.39 is 6.04 Å². The standard InChI is InChI=1S/C29H33ClN2O4/c1-3-4-18-31-29(34)26(19-22-10-6-5-7-11-22)32(20-23-14-16-24(35-2)17-15-23)28(33)21-36-27-13-9-8-12-25(27)30/h5-17,26H,3-4,18-21H2,1-2H3,(H,31,34)/t26-/m1/s1. The molecule has 2 amide bonds. The number of hydrogen-bond donors (Lipinski definition) is 1. The highest BCUT2D eigenvalue weighted by Crippen LogP contribution is 2.24. The highest BCUT2D eigenvalue weighted by Gasteiger charge is 2.30. The minimum atomic E-state index is -0.714. The fourth-order valence-corrected chi connectivity index (χ4v) is 3.96. The molecule has 0 aliphatic carbocycles. The highest BCUT2D eigenvalue weighted by atomic mass is 35.5. The lowest BCUT2D eigenvalue weighted by molar-refractivity contribution is -0.142. The van der Waals surface area contributed by atoms with Gasteiger partial charge in [0.25, 0.3) is 5.91 Å². The van der Waals surface area contributed by atoms with E-state index in [2.05, 4.69) is 12.2 Å². The summed E-state index contributed by atoms with van der Waals surface area (Å²) in [6.45, 7) is 2.63. The summed E-state index contributed by atoms with van der Waals surface area (Å²) >= 11 is 6.21. The van der Waals surface area contributed by atoms with Crippen LogP contribution in [0.5, 0.6) is 11.5 Å². The van der Waals surface area contributed by atoms with E-state index in [0.717, 1.165) is 29.7 Å². The Kier molecular flexibility index (Phi) is 10.6. The smallest absolute Gasteiger partial charge is 0.261 e. The summed E-state index contributed by atoms with van der Waals surface area (Å²) in [6.07, 6.45) is 2.21. The van der Waals surface area contributed by atoms with Crippen molar-refractivity contribution in [3.63, 3.8) is 0 Å². The van der Waals surface area contributed by atoms with E-state index >= 15 is 0 Å². The van der Waals surface area contributed by atoms with Gasteiger partial charge in [-0.3, -0.25) is 9.59 Å². The first kappa shape index (κ1) is 27.1. The second-order valence-electron chi connectivity index (χ2n) is 8.44. The van der Waals surface area contributed by atoms with E-state index in [4.69, 9.17) is 21.1 Å². The first-order valence-corrected chi connectivity index (χ1v) is 12.5. The number of benzene rings is 3. The number of carbonyl (C=O) groups excluding carboxylic acids is 2. The van der Waals surface area contributed by atoms with Gasteiger partial charge in [-0.25, -0.2) is 0 Å². The minimum absolute atomic E-state index is 0.188. The molecule has 190 valence electrons. The molecule has 36 heavy (non-hydrogen) atoms. The van der Waals surface area contributed by atoms with E-state index in [0.29, 0.717) is 23.7 Å². The predicted molar refractivity (Wildman–Crippen MR) is 142 cm³/mol. The zero-order chi connectivity index (χ0) is 25.8. The number of unbranched alkanes of at least 4 members (excludes halogenated alkanes) is 1. The van der Waals surface area contributed by atoms with Crippen molar-refractivity contribution in [3.05, 3.63) is 95.0 Å². The summed E-state index contributed by atoms with van der Waals surface area (Å²) in [5, 5.41) is 3.43. The van der Waals surface area contributed by atoms with Crippen molar-refractivity contribution in [3.8, 4) is 11.5 Å². The van der Waals surface area contributed by atoms with Gasteiger partial charge in [-0.15, -0.1) is 0 Å². The zero-order valence-corrected chi connectivity index (χ0v) is 21.5. The number of rotatable bonds is 13. The van der Waals surface area contributed by atoms with E-state index in [1.165, 1.54) is 0 Å². The van der Waals surface area contributed by atoms with Crippen molar-refractivity contribution in [2.24, 2.45) is 0 Å². The van der Waals surface area contributed by atoms with Gasteiger partial charge in [-0.1, -0.05) is 79.5 Å². The summed E-state index contributed by atoms with van der Waals surface area (Å²) in [4.78, 5) is 28.6. The Bertz CT molecular complexity index is 1110. The Hall–Kier alpha value is -3.51. The highest BCUT2D eigenvalue weighted by molar-refractivity contribution is 6.32. The van der Waals surface area contributed by atoms with Crippen LogP contribution in [0.2, 0.25) is 5.02 Å². The molecule has 0 aliphatic heterocycles. The second-order valence-corrected chi connectivity index (χ2v) is 8.85. The van der Waals surface area contributed by atoms with Crippen molar-refractivity contribution in [1.82, 2.24) is 10.2 Å². The average Bonchev–Trinajstić information content (AvgIpc) is 2.91. The summed E-state index contributed by atoms with van der Waals surface area (Å²) in [5.41, 5.74) is 1.84. The monoisotopic (exact) mass is 508 g/mol. The molecule has 0 fully saturated rings. The van der Waals surface area contributed by atoms with Crippen molar-refractivity contribution >= 4 is 23.4 Å². The van der Waals surface area contributed by atoms with Crippen LogP contribution in [0.15, 0.2) is 78.9 Å². The van der Waals surface area contributed by atoms with Crippen LogP contribution >= 0.6 is 11.6 Å². The molecule has 1 atom stereocenters. The maximum absolute atomic E-state index is 13.6. The topological polar surface area (TPSA) is 67.9 Å². The molecule has 0 saturated carbocycles. The van der Waals surface area contributed by atoms with Gasteiger partial charge in [0.2, 0.25) is 5.91 Å². The first-order chi connectivity index (χ1) is 17.5. The second kappa shape index (κ2) is 14.1. The Morgan fingerprint density at radius 3 is 2.31 bits per heavy atom. The molecule has 3 aromatic carbocycles. The van der Waals surface area contributed by atoms with E-state index in [-0.39, 0.29) is 25.0 Å². The third kappa shape index (κ3) is 8.02. The summed E-state index contributed by atoms with van der Waals surface area (Å²) in [7, 11) is 1.60. The number of hydrogen-bond acceptors (Lipinski definition) is 4. The molecule has 3 aromatic rings. The number of methoxy groups -OCH3 is 1. The van der Waals surface area contributed by atoms with Crippen molar-refractivity contribution in [2.45, 2.75) is 38.8 Å². The molecule has 0 bridgehead atoms. The number of halogens is 1. The Balaban J connectivity index is 1.89. The molecule has 0 heterocycles. The van der Waals surface area contributed by atoms with Gasteiger partial charge in [0.05, 0.1) is 12.1 Å². The summed E-state index contributed by atoms with van der Waals surface area (Å²) in [6, 6.07) is 23.5. The van der Waals surface area contributed by atoms with Crippen molar-refractivity contribution in [2.75, 3.05) is 20.3 Å². The molecule has 6 nitrogen and oxygen atoms in total. The molecule has 0 spiro atoms. The average molecular weight is 509 g/mol. The van der Waals surface area contributed by atoms with Crippen molar-refractivity contribution in [1.29, 1.82) is 0 Å². The predicted octanol–water partition coefficient (Wildman–Crippen LogP) is 5.28. The van der Waals surface area contributed by atoms with Gasteiger partial charge in [0, 0.05) is 19.5 Å². The number of nitrogens with one attached hydrogen (secondary N) is 1. The van der Waals surface area contributed by atoms with E-state index in [1.807, 2.05) is 54.6 Å². The maximum Gasteiger partial charge on any atom is 0.261 e. The van der Waals surface area contributed by atoms with Crippen LogP contribution in [0.3, 0.4) is 0 Å². The molecular weight excluding hydrogens is 476 g/mol. The Labute approximate surface area is 218 Å². The largest absolute Gasteiger partial charge is 0.497 e. The van der Waals surface area contributed by atoms with Crippen LogP contribution < -0.4 is 14.8 Å². The third-order valence-corrected chi connectivity index (χ3v) is 6.11. The lowest BCUT2D eigenvalue weighted by atomic mass is 10.0. The molecule has 0 saturated heterocycles. The van der Waals surface area contributed by atoms with Crippen LogP contribution in [-0.4, -0.2) is 43.0 Å². The molecule has 7 heteroatoms. The van der Waals surface area contributed by atoms with Crippen molar-refractivity contribution < 1.29 is 19.1 Å². The number of ether oxygens (including phenoxy) is 2. The molecule has 0 radical (unpaired) electrons. The fourth-order valence-electron chi connectivity index (χ4n) is 3.77. The van der Waals surface area contributed by atoms with Crippen LogP contribution in [0.25, 0.3) is 0 Å². The molecule has 3 rings (SSSR count). The van der Waals surface area contributed by atoms with Crippen LogP contribution in [-0.2, 0) is 22.6 Å².